The van der Waals surface area contributed by atoms with E-state index in [0.717, 1.165) is 17.0 Å². The van der Waals surface area contributed by atoms with Gasteiger partial charge in [0, 0.05) is 23.8 Å². The number of anilines is 1. The summed E-state index contributed by atoms with van der Waals surface area (Å²) in [6.07, 6.45) is 1.75. The number of nitro benzene ring substituents is 1. The number of sulfonamides is 1. The number of hydrogen-bond acceptors (Lipinski definition) is 4. The molecule has 0 saturated heterocycles. The third-order valence-electron chi connectivity index (χ3n) is 3.15. The van der Waals surface area contributed by atoms with Gasteiger partial charge >= 0.3 is 0 Å². The van der Waals surface area contributed by atoms with Crippen LogP contribution in [0.1, 0.15) is 0 Å². The van der Waals surface area contributed by atoms with Crippen molar-refractivity contribution in [3.8, 4) is 0 Å². The molecule has 0 fully saturated rings. The SMILES string of the molecule is O=[N+]([O-])c1cccc(S(=O)(=O)Nc2ccc3cc[nH]c3c2)c1. The molecule has 0 saturated carbocycles. The largest absolute Gasteiger partial charge is 0.361 e. The molecule has 112 valence electrons. The van der Waals surface area contributed by atoms with Gasteiger partial charge in [0.1, 0.15) is 0 Å². The Kier molecular flexibility index (Phi) is 3.30. The monoisotopic (exact) mass is 317 g/mol. The lowest BCUT2D eigenvalue weighted by Gasteiger charge is -2.08. The molecule has 3 rings (SSSR count). The summed E-state index contributed by atoms with van der Waals surface area (Å²) in [6.45, 7) is 0. The van der Waals surface area contributed by atoms with Gasteiger partial charge in [-0.15, -0.1) is 0 Å². The Bertz CT molecular complexity index is 963. The van der Waals surface area contributed by atoms with Gasteiger partial charge in [0.25, 0.3) is 15.7 Å². The molecule has 0 atom stereocenters. The van der Waals surface area contributed by atoms with Gasteiger partial charge in [-0.05, 0) is 29.7 Å². The molecule has 0 spiro atoms. The van der Waals surface area contributed by atoms with E-state index >= 15 is 0 Å². The Labute approximate surface area is 125 Å². The van der Waals surface area contributed by atoms with Crippen LogP contribution < -0.4 is 4.72 Å². The van der Waals surface area contributed by atoms with E-state index in [1.165, 1.54) is 18.2 Å². The maximum Gasteiger partial charge on any atom is 0.270 e. The van der Waals surface area contributed by atoms with Gasteiger partial charge < -0.3 is 4.98 Å². The first-order valence-electron chi connectivity index (χ1n) is 6.30. The van der Waals surface area contributed by atoms with Gasteiger partial charge in [0.15, 0.2) is 0 Å². The van der Waals surface area contributed by atoms with Crippen LogP contribution >= 0.6 is 0 Å². The van der Waals surface area contributed by atoms with Crippen LogP contribution in [-0.2, 0) is 10.0 Å². The molecular formula is C14H11N3O4S. The summed E-state index contributed by atoms with van der Waals surface area (Å²) in [5.41, 5.74) is 0.892. The van der Waals surface area contributed by atoms with E-state index in [4.69, 9.17) is 0 Å². The standard InChI is InChI=1S/C14H11N3O4S/c18-17(19)12-2-1-3-13(9-12)22(20,21)16-11-5-4-10-6-7-15-14(10)8-11/h1-9,15-16H. The third-order valence-corrected chi connectivity index (χ3v) is 4.52. The summed E-state index contributed by atoms with van der Waals surface area (Å²) in [5, 5.41) is 11.7. The number of nitrogens with zero attached hydrogens (tertiary/aromatic N) is 1. The molecule has 2 aromatic carbocycles. The topological polar surface area (TPSA) is 105 Å². The zero-order chi connectivity index (χ0) is 15.7. The van der Waals surface area contributed by atoms with Crippen LogP contribution in [0, 0.1) is 10.1 Å². The zero-order valence-corrected chi connectivity index (χ0v) is 12.0. The molecule has 0 aliphatic rings. The number of hydrogen-bond donors (Lipinski definition) is 2. The van der Waals surface area contributed by atoms with Crippen LogP contribution in [0.5, 0.6) is 0 Å². The van der Waals surface area contributed by atoms with Crippen LogP contribution in [-0.4, -0.2) is 18.3 Å². The van der Waals surface area contributed by atoms with E-state index in [2.05, 4.69) is 9.71 Å². The zero-order valence-electron chi connectivity index (χ0n) is 11.2. The second kappa shape index (κ2) is 5.15. The van der Waals surface area contributed by atoms with Crippen LogP contribution in [0.15, 0.2) is 59.6 Å². The first kappa shape index (κ1) is 14.1. The number of rotatable bonds is 4. The summed E-state index contributed by atoms with van der Waals surface area (Å²) in [6, 6.07) is 11.8. The molecule has 7 nitrogen and oxygen atoms in total. The molecule has 2 N–H and O–H groups in total. The molecular weight excluding hydrogens is 306 g/mol. The van der Waals surface area contributed by atoms with Gasteiger partial charge in [-0.3, -0.25) is 14.8 Å². The maximum absolute atomic E-state index is 12.3. The van der Waals surface area contributed by atoms with Crippen LogP contribution in [0.4, 0.5) is 11.4 Å². The number of nitro groups is 1. The number of H-pyrrole nitrogens is 1. The first-order chi connectivity index (χ1) is 10.5. The molecule has 1 aromatic heterocycles. The van der Waals surface area contributed by atoms with Crippen LogP contribution in [0.25, 0.3) is 10.9 Å². The van der Waals surface area contributed by atoms with E-state index < -0.39 is 14.9 Å². The van der Waals surface area contributed by atoms with E-state index in [1.807, 2.05) is 6.07 Å². The van der Waals surface area contributed by atoms with E-state index in [9.17, 15) is 18.5 Å². The van der Waals surface area contributed by atoms with Gasteiger partial charge in [0.05, 0.1) is 15.5 Å². The van der Waals surface area contributed by atoms with Gasteiger partial charge in [0.2, 0.25) is 0 Å². The molecule has 0 amide bonds. The minimum atomic E-state index is -3.89. The third kappa shape index (κ3) is 2.63. The first-order valence-corrected chi connectivity index (χ1v) is 7.78. The predicted octanol–water partition coefficient (Wildman–Crippen LogP) is 2.88. The summed E-state index contributed by atoms with van der Waals surface area (Å²) in [5.74, 6) is 0. The fourth-order valence-electron chi connectivity index (χ4n) is 2.09. The van der Waals surface area contributed by atoms with Crippen molar-refractivity contribution in [1.29, 1.82) is 0 Å². The Hall–Kier alpha value is -2.87. The number of non-ortho nitro benzene ring substituents is 1. The summed E-state index contributed by atoms with van der Waals surface area (Å²) >= 11 is 0. The Morgan fingerprint density at radius 3 is 2.68 bits per heavy atom. The molecule has 22 heavy (non-hydrogen) atoms. The lowest BCUT2D eigenvalue weighted by Crippen LogP contribution is -2.13. The lowest BCUT2D eigenvalue weighted by molar-refractivity contribution is -0.385. The Balaban J connectivity index is 1.95. The number of aromatic nitrogens is 1. The van der Waals surface area contributed by atoms with Crippen molar-refractivity contribution in [2.75, 3.05) is 4.72 Å². The molecule has 0 aliphatic carbocycles. The average Bonchev–Trinajstić information content (AvgIpc) is 2.94. The smallest absolute Gasteiger partial charge is 0.270 e. The number of nitrogens with one attached hydrogen (secondary N) is 2. The quantitative estimate of drug-likeness (QED) is 0.570. The van der Waals surface area contributed by atoms with Crippen molar-refractivity contribution in [2.45, 2.75) is 4.90 Å². The van der Waals surface area contributed by atoms with Gasteiger partial charge in [-0.25, -0.2) is 8.42 Å². The van der Waals surface area contributed by atoms with E-state index in [0.29, 0.717) is 5.69 Å². The highest BCUT2D eigenvalue weighted by Crippen LogP contribution is 2.22. The summed E-state index contributed by atoms with van der Waals surface area (Å²) < 4.78 is 27.0. The van der Waals surface area contributed by atoms with Crippen molar-refractivity contribution in [3.05, 3.63) is 64.8 Å². The fraction of sp³-hybridized carbons (Fsp3) is 0. The normalized spacial score (nSPS) is 11.5. The molecule has 1 heterocycles. The van der Waals surface area contributed by atoms with Gasteiger partial charge in [-0.1, -0.05) is 12.1 Å². The van der Waals surface area contributed by atoms with E-state index in [1.54, 1.807) is 24.4 Å². The van der Waals surface area contributed by atoms with Crippen molar-refractivity contribution in [3.63, 3.8) is 0 Å². The average molecular weight is 317 g/mol. The fourth-order valence-corrected chi connectivity index (χ4v) is 3.18. The molecule has 8 heteroatoms. The lowest BCUT2D eigenvalue weighted by atomic mass is 10.2. The predicted molar refractivity (Wildman–Crippen MR) is 82.2 cm³/mol. The Morgan fingerprint density at radius 2 is 1.91 bits per heavy atom. The maximum atomic E-state index is 12.3. The number of fused-ring (bicyclic) bond motifs is 1. The van der Waals surface area contributed by atoms with Crippen LogP contribution in [0.3, 0.4) is 0 Å². The van der Waals surface area contributed by atoms with Crippen molar-refractivity contribution in [1.82, 2.24) is 4.98 Å². The highest BCUT2D eigenvalue weighted by molar-refractivity contribution is 7.92. The minimum Gasteiger partial charge on any atom is -0.361 e. The second-order valence-corrected chi connectivity index (χ2v) is 6.32. The minimum absolute atomic E-state index is 0.159. The van der Waals surface area contributed by atoms with Crippen LogP contribution in [0.2, 0.25) is 0 Å². The summed E-state index contributed by atoms with van der Waals surface area (Å²) in [4.78, 5) is 12.9. The number of aromatic amines is 1. The van der Waals surface area contributed by atoms with Gasteiger partial charge in [-0.2, -0.15) is 0 Å². The van der Waals surface area contributed by atoms with Crippen molar-refractivity contribution < 1.29 is 13.3 Å². The molecule has 0 aliphatic heterocycles. The molecule has 0 unspecified atom stereocenters. The molecule has 0 radical (unpaired) electrons. The highest BCUT2D eigenvalue weighted by atomic mass is 32.2. The van der Waals surface area contributed by atoms with Crippen molar-refractivity contribution in [2.24, 2.45) is 0 Å². The van der Waals surface area contributed by atoms with Crippen molar-refractivity contribution >= 4 is 32.3 Å². The van der Waals surface area contributed by atoms with E-state index in [-0.39, 0.29) is 10.6 Å². The molecule has 3 aromatic rings. The highest BCUT2D eigenvalue weighted by Gasteiger charge is 2.17. The number of benzene rings is 2. The summed E-state index contributed by atoms with van der Waals surface area (Å²) in [7, 11) is -3.89. The molecule has 0 bridgehead atoms. The second-order valence-electron chi connectivity index (χ2n) is 4.64. The Morgan fingerprint density at radius 1 is 1.09 bits per heavy atom.